The largest absolute Gasteiger partial charge is 0.491 e. The summed E-state index contributed by atoms with van der Waals surface area (Å²) in [4.78, 5) is 13.6. The Labute approximate surface area is 198 Å². The van der Waals surface area contributed by atoms with E-state index < -0.39 is 6.61 Å². The first-order chi connectivity index (χ1) is 16.0. The smallest absolute Gasteiger partial charge is 0.405 e. The highest BCUT2D eigenvalue weighted by Crippen LogP contribution is 2.35. The minimum atomic E-state index is -3.00. The molecule has 4 aromatic rings. The summed E-state index contributed by atoms with van der Waals surface area (Å²) in [6.45, 7) is -0.756. The first kappa shape index (κ1) is 23.1. The standard InChI is InChI=1S/C23H20ClF2N3O3S/c1-14-18(27-11-20(30-2)21(14)31-12-15-6-4-3-5-7-15)13-33-23-28-17-10-16(24)8-9-19(17)29(23)32-22(25)26/h3-11,22H,12-13H2,1-2H3. The number of nitrogens with zero attached hydrogens (tertiary/aromatic N) is 3. The lowest BCUT2D eigenvalue weighted by atomic mass is 10.2. The van der Waals surface area contributed by atoms with Crippen molar-refractivity contribution in [1.29, 1.82) is 0 Å². The van der Waals surface area contributed by atoms with Crippen molar-refractivity contribution in [2.45, 2.75) is 31.1 Å². The van der Waals surface area contributed by atoms with Crippen LogP contribution in [0.1, 0.15) is 16.8 Å². The number of imidazole rings is 1. The van der Waals surface area contributed by atoms with E-state index >= 15 is 0 Å². The van der Waals surface area contributed by atoms with Gasteiger partial charge in [-0.25, -0.2) is 4.98 Å². The number of alkyl halides is 2. The zero-order chi connectivity index (χ0) is 23.4. The third kappa shape index (κ3) is 5.31. The van der Waals surface area contributed by atoms with E-state index in [9.17, 15) is 8.78 Å². The third-order valence-electron chi connectivity index (χ3n) is 4.85. The topological polar surface area (TPSA) is 58.4 Å². The molecule has 0 unspecified atom stereocenters. The zero-order valence-electron chi connectivity index (χ0n) is 17.8. The Balaban J connectivity index is 1.59. The summed E-state index contributed by atoms with van der Waals surface area (Å²) in [7, 11) is 1.55. The molecule has 0 aliphatic heterocycles. The van der Waals surface area contributed by atoms with Gasteiger partial charge in [0.15, 0.2) is 11.5 Å². The van der Waals surface area contributed by atoms with Crippen LogP contribution in [-0.4, -0.2) is 28.4 Å². The molecule has 0 saturated carbocycles. The molecule has 0 amide bonds. The number of pyridine rings is 1. The summed E-state index contributed by atoms with van der Waals surface area (Å²) in [5.74, 6) is 1.44. The molecule has 10 heteroatoms. The molecule has 2 aromatic carbocycles. The minimum absolute atomic E-state index is 0.260. The van der Waals surface area contributed by atoms with Crippen molar-refractivity contribution in [2.24, 2.45) is 0 Å². The summed E-state index contributed by atoms with van der Waals surface area (Å²) in [5, 5.41) is 0.713. The van der Waals surface area contributed by atoms with E-state index in [1.165, 1.54) is 11.8 Å². The molecule has 0 atom stereocenters. The van der Waals surface area contributed by atoms with Gasteiger partial charge in [0.2, 0.25) is 5.16 Å². The van der Waals surface area contributed by atoms with Crippen LogP contribution in [0.4, 0.5) is 8.78 Å². The fourth-order valence-corrected chi connectivity index (χ4v) is 4.37. The van der Waals surface area contributed by atoms with Crippen LogP contribution in [-0.2, 0) is 12.4 Å². The molecule has 0 spiro atoms. The summed E-state index contributed by atoms with van der Waals surface area (Å²) < 4.78 is 38.5. The van der Waals surface area contributed by atoms with E-state index in [1.807, 2.05) is 37.3 Å². The number of fused-ring (bicyclic) bond motifs is 1. The molecule has 172 valence electrons. The molecule has 0 bridgehead atoms. The Morgan fingerprint density at radius 3 is 2.67 bits per heavy atom. The van der Waals surface area contributed by atoms with Gasteiger partial charge >= 0.3 is 6.61 Å². The maximum atomic E-state index is 13.0. The van der Waals surface area contributed by atoms with E-state index in [0.717, 1.165) is 15.9 Å². The Morgan fingerprint density at radius 2 is 1.94 bits per heavy atom. The fraction of sp³-hybridized carbons (Fsp3) is 0.217. The number of halogens is 3. The molecule has 0 N–H and O–H groups in total. The van der Waals surface area contributed by atoms with Crippen LogP contribution >= 0.6 is 23.4 Å². The van der Waals surface area contributed by atoms with Gasteiger partial charge in [0, 0.05) is 16.3 Å². The molecule has 2 aromatic heterocycles. The zero-order valence-corrected chi connectivity index (χ0v) is 19.4. The second-order valence-corrected chi connectivity index (χ2v) is 8.36. The van der Waals surface area contributed by atoms with Crippen molar-refractivity contribution >= 4 is 34.4 Å². The molecule has 0 aliphatic rings. The van der Waals surface area contributed by atoms with Gasteiger partial charge in [-0.15, -0.1) is 0 Å². The molecule has 33 heavy (non-hydrogen) atoms. The maximum Gasteiger partial charge on any atom is 0.405 e. The lowest BCUT2D eigenvalue weighted by Gasteiger charge is -2.16. The van der Waals surface area contributed by atoms with Crippen LogP contribution < -0.4 is 14.3 Å². The Morgan fingerprint density at radius 1 is 1.15 bits per heavy atom. The number of ether oxygens (including phenoxy) is 2. The molecule has 0 fully saturated rings. The van der Waals surface area contributed by atoms with E-state index in [2.05, 4.69) is 9.97 Å². The highest BCUT2D eigenvalue weighted by Gasteiger charge is 2.19. The third-order valence-corrected chi connectivity index (χ3v) is 6.02. The number of hydrogen-bond acceptors (Lipinski definition) is 6. The Hall–Kier alpha value is -3.04. The quantitative estimate of drug-likeness (QED) is 0.271. The number of thioether (sulfide) groups is 1. The highest BCUT2D eigenvalue weighted by molar-refractivity contribution is 7.98. The van der Waals surface area contributed by atoms with Gasteiger partial charge in [-0.05, 0) is 30.7 Å². The second kappa shape index (κ2) is 10.3. The van der Waals surface area contributed by atoms with E-state index in [0.29, 0.717) is 45.6 Å². The van der Waals surface area contributed by atoms with E-state index in [-0.39, 0.29) is 5.16 Å². The van der Waals surface area contributed by atoms with E-state index in [4.69, 9.17) is 25.9 Å². The number of aromatic nitrogens is 3. The van der Waals surface area contributed by atoms with Gasteiger partial charge in [0.05, 0.1) is 24.5 Å². The number of rotatable bonds is 9. The highest BCUT2D eigenvalue weighted by atomic mass is 35.5. The molecule has 0 saturated heterocycles. The normalized spacial score (nSPS) is 11.2. The second-order valence-electron chi connectivity index (χ2n) is 6.98. The molecule has 0 radical (unpaired) electrons. The average molecular weight is 492 g/mol. The van der Waals surface area contributed by atoms with Crippen molar-refractivity contribution < 1.29 is 23.1 Å². The van der Waals surface area contributed by atoms with Crippen molar-refractivity contribution in [3.05, 3.63) is 76.6 Å². The van der Waals surface area contributed by atoms with E-state index in [1.54, 1.807) is 31.5 Å². The van der Waals surface area contributed by atoms with Gasteiger partial charge < -0.3 is 14.3 Å². The van der Waals surface area contributed by atoms with Crippen LogP contribution in [0.15, 0.2) is 59.9 Å². The summed E-state index contributed by atoms with van der Waals surface area (Å²) in [6.07, 6.45) is 1.58. The van der Waals surface area contributed by atoms with Gasteiger partial charge in [-0.3, -0.25) is 4.98 Å². The molecule has 6 nitrogen and oxygen atoms in total. The van der Waals surface area contributed by atoms with Gasteiger partial charge in [-0.2, -0.15) is 13.5 Å². The van der Waals surface area contributed by atoms with Crippen LogP contribution in [0.25, 0.3) is 11.0 Å². The van der Waals surface area contributed by atoms with Crippen LogP contribution in [0.5, 0.6) is 11.5 Å². The van der Waals surface area contributed by atoms with Gasteiger partial charge in [0.1, 0.15) is 12.1 Å². The molecular formula is C23H20ClF2N3O3S. The molecule has 4 rings (SSSR count). The van der Waals surface area contributed by atoms with Gasteiger partial charge in [0.25, 0.3) is 0 Å². The predicted octanol–water partition coefficient (Wildman–Crippen LogP) is 5.92. The Bertz CT molecular complexity index is 1250. The predicted molar refractivity (Wildman–Crippen MR) is 123 cm³/mol. The lowest BCUT2D eigenvalue weighted by Crippen LogP contribution is -2.17. The first-order valence-electron chi connectivity index (χ1n) is 9.91. The average Bonchev–Trinajstić information content (AvgIpc) is 3.13. The van der Waals surface area contributed by atoms with Crippen LogP contribution in [0, 0.1) is 6.92 Å². The Kier molecular flexibility index (Phi) is 7.20. The minimum Gasteiger partial charge on any atom is -0.491 e. The number of hydrogen-bond donors (Lipinski definition) is 0. The SMILES string of the molecule is COc1cnc(CSc2nc3cc(Cl)ccc3n2OC(F)F)c(C)c1OCc1ccccc1. The van der Waals surface area contributed by atoms with Crippen molar-refractivity contribution in [2.75, 3.05) is 7.11 Å². The lowest BCUT2D eigenvalue weighted by molar-refractivity contribution is -0.135. The number of methoxy groups -OCH3 is 1. The maximum absolute atomic E-state index is 13.0. The summed E-state index contributed by atoms with van der Waals surface area (Å²) in [6, 6.07) is 14.5. The first-order valence-corrected chi connectivity index (χ1v) is 11.3. The van der Waals surface area contributed by atoms with Crippen LogP contribution in [0.2, 0.25) is 5.02 Å². The van der Waals surface area contributed by atoms with Gasteiger partial charge in [-0.1, -0.05) is 53.7 Å². The van der Waals surface area contributed by atoms with Crippen molar-refractivity contribution in [3.63, 3.8) is 0 Å². The van der Waals surface area contributed by atoms with Crippen molar-refractivity contribution in [3.8, 4) is 11.5 Å². The summed E-state index contributed by atoms with van der Waals surface area (Å²) in [5.41, 5.74) is 3.37. The molecular weight excluding hydrogens is 472 g/mol. The van der Waals surface area contributed by atoms with Crippen molar-refractivity contribution in [1.82, 2.24) is 14.7 Å². The molecule has 2 heterocycles. The molecule has 0 aliphatic carbocycles. The monoisotopic (exact) mass is 491 g/mol. The van der Waals surface area contributed by atoms with Crippen LogP contribution in [0.3, 0.4) is 0 Å². The summed E-state index contributed by atoms with van der Waals surface area (Å²) >= 11 is 7.23. The number of benzene rings is 2. The fourth-order valence-electron chi connectivity index (χ4n) is 3.22.